The van der Waals surface area contributed by atoms with Gasteiger partial charge in [0.05, 0.1) is 6.20 Å². The van der Waals surface area contributed by atoms with Gasteiger partial charge < -0.3 is 5.11 Å². The molecule has 2 aromatic rings. The minimum atomic E-state index is -0.543. The van der Waals surface area contributed by atoms with E-state index in [0.717, 1.165) is 21.7 Å². The highest BCUT2D eigenvalue weighted by Gasteiger charge is 2.18. The Hall–Kier alpha value is -1.13. The van der Waals surface area contributed by atoms with Crippen molar-refractivity contribution >= 4 is 11.3 Å². The van der Waals surface area contributed by atoms with Crippen LogP contribution in [0, 0.1) is 13.8 Å². The highest BCUT2D eigenvalue weighted by atomic mass is 32.1. The van der Waals surface area contributed by atoms with Gasteiger partial charge in [-0.15, -0.1) is 11.3 Å². The predicted octanol–water partition coefficient (Wildman–Crippen LogP) is 2.18. The van der Waals surface area contributed by atoms with Gasteiger partial charge >= 0.3 is 0 Å². The zero-order chi connectivity index (χ0) is 11.0. The minimum absolute atomic E-state index is 0.543. The third-order valence-corrected chi connectivity index (χ3v) is 3.79. The SMILES string of the molecule is Cc1ccsc1C(O)c1cnn(C)c1C. The molecule has 0 radical (unpaired) electrons. The van der Waals surface area contributed by atoms with Gasteiger partial charge in [0.25, 0.3) is 0 Å². The fourth-order valence-corrected chi connectivity index (χ4v) is 2.52. The monoisotopic (exact) mass is 222 g/mol. The summed E-state index contributed by atoms with van der Waals surface area (Å²) in [6, 6.07) is 2.02. The van der Waals surface area contributed by atoms with Crippen molar-refractivity contribution in [1.29, 1.82) is 0 Å². The van der Waals surface area contributed by atoms with Gasteiger partial charge in [-0.2, -0.15) is 5.10 Å². The zero-order valence-corrected chi connectivity index (χ0v) is 9.88. The van der Waals surface area contributed by atoms with Gasteiger partial charge in [-0.3, -0.25) is 4.68 Å². The van der Waals surface area contributed by atoms with E-state index in [9.17, 15) is 5.11 Å². The summed E-state index contributed by atoms with van der Waals surface area (Å²) in [5.41, 5.74) is 3.04. The van der Waals surface area contributed by atoms with E-state index in [4.69, 9.17) is 0 Å². The fourth-order valence-electron chi connectivity index (χ4n) is 1.59. The molecule has 0 aliphatic heterocycles. The van der Waals surface area contributed by atoms with E-state index in [2.05, 4.69) is 5.10 Å². The Morgan fingerprint density at radius 2 is 2.20 bits per heavy atom. The Bertz CT molecular complexity index is 473. The predicted molar refractivity (Wildman–Crippen MR) is 61.1 cm³/mol. The standard InChI is InChI=1S/C11H14N2OS/c1-7-4-5-15-11(7)10(14)9-6-12-13(3)8(9)2/h4-6,10,14H,1-3H3. The van der Waals surface area contributed by atoms with Crippen LogP contribution in [0.1, 0.15) is 27.8 Å². The van der Waals surface area contributed by atoms with Crippen LogP contribution in [0.4, 0.5) is 0 Å². The second-order valence-electron chi connectivity index (χ2n) is 3.68. The van der Waals surface area contributed by atoms with Crippen molar-refractivity contribution in [3.05, 3.63) is 39.3 Å². The lowest BCUT2D eigenvalue weighted by atomic mass is 10.1. The van der Waals surface area contributed by atoms with Crippen LogP contribution < -0.4 is 0 Å². The normalized spacial score (nSPS) is 13.1. The highest BCUT2D eigenvalue weighted by molar-refractivity contribution is 7.10. The Labute approximate surface area is 93.0 Å². The number of hydrogen-bond donors (Lipinski definition) is 1. The molecule has 4 heteroatoms. The van der Waals surface area contributed by atoms with E-state index in [1.807, 2.05) is 32.3 Å². The first-order chi connectivity index (χ1) is 7.11. The van der Waals surface area contributed by atoms with Gasteiger partial charge in [-0.1, -0.05) is 0 Å². The quantitative estimate of drug-likeness (QED) is 0.845. The fraction of sp³-hybridized carbons (Fsp3) is 0.364. The van der Waals surface area contributed by atoms with Crippen molar-refractivity contribution in [3.8, 4) is 0 Å². The summed E-state index contributed by atoms with van der Waals surface area (Å²) in [4.78, 5) is 1.01. The zero-order valence-electron chi connectivity index (χ0n) is 9.06. The Kier molecular flexibility index (Phi) is 2.63. The van der Waals surface area contributed by atoms with Gasteiger partial charge in [-0.25, -0.2) is 0 Å². The molecule has 0 bridgehead atoms. The first-order valence-corrected chi connectivity index (χ1v) is 5.69. The van der Waals surface area contributed by atoms with Crippen LogP contribution >= 0.6 is 11.3 Å². The molecule has 0 saturated heterocycles. The first-order valence-electron chi connectivity index (χ1n) is 4.82. The largest absolute Gasteiger partial charge is 0.383 e. The third-order valence-electron chi connectivity index (χ3n) is 2.72. The second-order valence-corrected chi connectivity index (χ2v) is 4.63. The number of aromatic nitrogens is 2. The van der Waals surface area contributed by atoms with Crippen LogP contribution in [0.2, 0.25) is 0 Å². The average Bonchev–Trinajstić information content (AvgIpc) is 2.75. The summed E-state index contributed by atoms with van der Waals surface area (Å²) in [5.74, 6) is 0. The lowest BCUT2D eigenvalue weighted by Gasteiger charge is -2.09. The van der Waals surface area contributed by atoms with Crippen molar-refractivity contribution in [2.24, 2.45) is 7.05 Å². The third kappa shape index (κ3) is 1.70. The van der Waals surface area contributed by atoms with Crippen LogP contribution in [0.5, 0.6) is 0 Å². The van der Waals surface area contributed by atoms with Crippen molar-refractivity contribution in [1.82, 2.24) is 9.78 Å². The van der Waals surface area contributed by atoms with E-state index in [1.165, 1.54) is 0 Å². The van der Waals surface area contributed by atoms with Gasteiger partial charge in [0.15, 0.2) is 0 Å². The molecular formula is C11H14N2OS. The van der Waals surface area contributed by atoms with Crippen molar-refractivity contribution in [2.75, 3.05) is 0 Å². The maximum absolute atomic E-state index is 10.2. The van der Waals surface area contributed by atoms with Crippen molar-refractivity contribution in [3.63, 3.8) is 0 Å². The molecule has 0 aliphatic carbocycles. The summed E-state index contributed by atoms with van der Waals surface area (Å²) in [7, 11) is 1.88. The average molecular weight is 222 g/mol. The van der Waals surface area contributed by atoms with Crippen LogP contribution in [-0.2, 0) is 7.05 Å². The van der Waals surface area contributed by atoms with Gasteiger partial charge in [0.2, 0.25) is 0 Å². The molecule has 0 saturated carbocycles. The van der Waals surface area contributed by atoms with E-state index < -0.39 is 6.10 Å². The number of nitrogens with zero attached hydrogens (tertiary/aromatic N) is 2. The van der Waals surface area contributed by atoms with E-state index in [1.54, 1.807) is 22.2 Å². The maximum atomic E-state index is 10.2. The molecule has 0 fully saturated rings. The smallest absolute Gasteiger partial charge is 0.117 e. The second kappa shape index (κ2) is 3.79. The van der Waals surface area contributed by atoms with Gasteiger partial charge in [-0.05, 0) is 30.9 Å². The molecule has 0 aliphatic rings. The topological polar surface area (TPSA) is 38.1 Å². The number of rotatable bonds is 2. The Morgan fingerprint density at radius 1 is 1.47 bits per heavy atom. The number of aliphatic hydroxyl groups is 1. The molecule has 3 nitrogen and oxygen atoms in total. The summed E-state index contributed by atoms with van der Waals surface area (Å²) in [6.45, 7) is 3.98. The van der Waals surface area contributed by atoms with Crippen molar-refractivity contribution < 1.29 is 5.11 Å². The van der Waals surface area contributed by atoms with Crippen LogP contribution in [0.25, 0.3) is 0 Å². The van der Waals surface area contributed by atoms with E-state index in [0.29, 0.717) is 0 Å². The molecular weight excluding hydrogens is 208 g/mol. The van der Waals surface area contributed by atoms with Crippen molar-refractivity contribution in [2.45, 2.75) is 20.0 Å². The maximum Gasteiger partial charge on any atom is 0.117 e. The molecule has 2 rings (SSSR count). The lowest BCUT2D eigenvalue weighted by molar-refractivity contribution is 0.222. The Balaban J connectivity index is 2.41. The summed E-state index contributed by atoms with van der Waals surface area (Å²) < 4.78 is 1.78. The minimum Gasteiger partial charge on any atom is -0.383 e. The highest BCUT2D eigenvalue weighted by Crippen LogP contribution is 2.30. The molecule has 80 valence electrons. The van der Waals surface area contributed by atoms with E-state index >= 15 is 0 Å². The molecule has 1 unspecified atom stereocenters. The van der Waals surface area contributed by atoms with Crippen LogP contribution in [-0.4, -0.2) is 14.9 Å². The van der Waals surface area contributed by atoms with E-state index in [-0.39, 0.29) is 0 Å². The van der Waals surface area contributed by atoms with Crippen LogP contribution in [0.15, 0.2) is 17.6 Å². The van der Waals surface area contributed by atoms with Gasteiger partial charge in [0, 0.05) is 23.2 Å². The molecule has 0 aromatic carbocycles. The molecule has 0 amide bonds. The lowest BCUT2D eigenvalue weighted by Crippen LogP contribution is -2.01. The number of aliphatic hydroxyl groups excluding tert-OH is 1. The Morgan fingerprint density at radius 3 is 2.67 bits per heavy atom. The summed E-state index contributed by atoms with van der Waals surface area (Å²) in [6.07, 6.45) is 1.19. The summed E-state index contributed by atoms with van der Waals surface area (Å²) >= 11 is 1.58. The molecule has 1 N–H and O–H groups in total. The molecule has 0 spiro atoms. The molecule has 1 atom stereocenters. The molecule has 15 heavy (non-hydrogen) atoms. The summed E-state index contributed by atoms with van der Waals surface area (Å²) in [5, 5.41) is 16.4. The number of thiophene rings is 1. The van der Waals surface area contributed by atoms with Gasteiger partial charge in [0.1, 0.15) is 6.10 Å². The number of hydrogen-bond acceptors (Lipinski definition) is 3. The molecule has 2 heterocycles. The number of aryl methyl sites for hydroxylation is 2. The molecule has 2 aromatic heterocycles. The first kappa shape index (κ1) is 10.4. The van der Waals surface area contributed by atoms with Crippen LogP contribution in [0.3, 0.4) is 0 Å².